The van der Waals surface area contributed by atoms with Crippen LogP contribution in [0.4, 0.5) is 4.79 Å². The lowest BCUT2D eigenvalue weighted by molar-refractivity contribution is 0.139. The summed E-state index contributed by atoms with van der Waals surface area (Å²) in [6, 6.07) is 2.62. The topological polar surface area (TPSA) is 57.5 Å². The van der Waals surface area contributed by atoms with E-state index in [1.807, 2.05) is 6.07 Å². The number of aryl methyl sites for hydroxylation is 1. The second kappa shape index (κ2) is 7.39. The maximum Gasteiger partial charge on any atom is 0.315 e. The Hall–Kier alpha value is -1.49. The number of carbonyl (C=O) groups excluding carboxylic acids is 1. The standard InChI is InChI=1S/C18H29N3O2/c1-13(2)21-9-4-5-14(12-21)11-19-18(22)20-16-6-3-7-17-15(16)8-10-23-17/h8,10,13-14,16H,3-7,9,11-12H2,1-2H3,(H2,19,20,22)/t14-,16-/m1/s1. The zero-order valence-electron chi connectivity index (χ0n) is 14.3. The van der Waals surface area contributed by atoms with Crippen LogP contribution in [0.5, 0.6) is 0 Å². The SMILES string of the molecule is CC(C)N1CCC[C@H](CNC(=O)N[C@@H]2CCCc3occc32)C1. The van der Waals surface area contributed by atoms with Gasteiger partial charge in [0.25, 0.3) is 0 Å². The molecule has 0 saturated carbocycles. The molecule has 1 saturated heterocycles. The Kier molecular flexibility index (Phi) is 5.26. The summed E-state index contributed by atoms with van der Waals surface area (Å²) >= 11 is 0. The van der Waals surface area contributed by atoms with Gasteiger partial charge in [-0.25, -0.2) is 4.79 Å². The molecule has 0 aromatic carbocycles. The molecule has 3 rings (SSSR count). The van der Waals surface area contributed by atoms with Gasteiger partial charge in [-0.3, -0.25) is 0 Å². The fourth-order valence-electron chi connectivity index (χ4n) is 3.82. The van der Waals surface area contributed by atoms with E-state index in [1.54, 1.807) is 6.26 Å². The summed E-state index contributed by atoms with van der Waals surface area (Å²) in [5, 5.41) is 6.19. The van der Waals surface area contributed by atoms with Crippen molar-refractivity contribution in [2.75, 3.05) is 19.6 Å². The van der Waals surface area contributed by atoms with Gasteiger partial charge in [0.2, 0.25) is 0 Å². The molecule has 5 nitrogen and oxygen atoms in total. The second-order valence-corrected chi connectivity index (χ2v) is 7.20. The van der Waals surface area contributed by atoms with Gasteiger partial charge in [-0.15, -0.1) is 0 Å². The monoisotopic (exact) mass is 319 g/mol. The van der Waals surface area contributed by atoms with Crippen LogP contribution in [-0.4, -0.2) is 36.6 Å². The Balaban J connectivity index is 1.45. The smallest absolute Gasteiger partial charge is 0.315 e. The first-order chi connectivity index (χ1) is 11.1. The van der Waals surface area contributed by atoms with Crippen molar-refractivity contribution in [1.82, 2.24) is 15.5 Å². The molecule has 2 heterocycles. The van der Waals surface area contributed by atoms with Crippen molar-refractivity contribution in [3.63, 3.8) is 0 Å². The molecule has 2 aliphatic rings. The minimum Gasteiger partial charge on any atom is -0.469 e. The number of hydrogen-bond donors (Lipinski definition) is 2. The molecule has 0 bridgehead atoms. The minimum atomic E-state index is -0.0503. The third-order valence-corrected chi connectivity index (χ3v) is 5.19. The number of carbonyl (C=O) groups is 1. The normalized spacial score (nSPS) is 25.2. The van der Waals surface area contributed by atoms with Crippen LogP contribution in [-0.2, 0) is 6.42 Å². The van der Waals surface area contributed by atoms with Crippen molar-refractivity contribution >= 4 is 6.03 Å². The molecule has 0 radical (unpaired) electrons. The highest BCUT2D eigenvalue weighted by molar-refractivity contribution is 5.74. The van der Waals surface area contributed by atoms with Crippen LogP contribution < -0.4 is 10.6 Å². The lowest BCUT2D eigenvalue weighted by Gasteiger charge is -2.35. The number of amides is 2. The highest BCUT2D eigenvalue weighted by Gasteiger charge is 2.25. The summed E-state index contributed by atoms with van der Waals surface area (Å²) in [6.07, 6.45) is 7.20. The van der Waals surface area contributed by atoms with Crippen molar-refractivity contribution in [3.8, 4) is 0 Å². The van der Waals surface area contributed by atoms with E-state index in [1.165, 1.54) is 19.4 Å². The lowest BCUT2D eigenvalue weighted by atomic mass is 9.93. The Labute approximate surface area is 138 Å². The summed E-state index contributed by atoms with van der Waals surface area (Å²) in [7, 11) is 0. The molecule has 0 spiro atoms. The summed E-state index contributed by atoms with van der Waals surface area (Å²) in [4.78, 5) is 14.7. The molecule has 1 aromatic heterocycles. The van der Waals surface area contributed by atoms with Gasteiger partial charge in [0.1, 0.15) is 5.76 Å². The van der Waals surface area contributed by atoms with Gasteiger partial charge in [-0.2, -0.15) is 0 Å². The largest absolute Gasteiger partial charge is 0.469 e. The fraction of sp³-hybridized carbons (Fsp3) is 0.722. The van der Waals surface area contributed by atoms with Crippen LogP contribution in [0.3, 0.4) is 0 Å². The van der Waals surface area contributed by atoms with Crippen LogP contribution in [0, 0.1) is 5.92 Å². The number of hydrogen-bond acceptors (Lipinski definition) is 3. The number of nitrogens with zero attached hydrogens (tertiary/aromatic N) is 1. The summed E-state index contributed by atoms with van der Waals surface area (Å²) < 4.78 is 5.48. The number of furan rings is 1. The molecule has 2 amide bonds. The molecule has 2 atom stereocenters. The Morgan fingerprint density at radius 3 is 3.09 bits per heavy atom. The molecule has 1 aliphatic heterocycles. The first kappa shape index (κ1) is 16.4. The zero-order chi connectivity index (χ0) is 16.2. The van der Waals surface area contributed by atoms with E-state index in [2.05, 4.69) is 29.4 Å². The molecule has 128 valence electrons. The van der Waals surface area contributed by atoms with E-state index in [9.17, 15) is 4.79 Å². The number of piperidine rings is 1. The molecule has 2 N–H and O–H groups in total. The second-order valence-electron chi connectivity index (χ2n) is 7.20. The highest BCUT2D eigenvalue weighted by Crippen LogP contribution is 2.30. The molecular weight excluding hydrogens is 290 g/mol. The van der Waals surface area contributed by atoms with Crippen LogP contribution in [0.2, 0.25) is 0 Å². The van der Waals surface area contributed by atoms with Crippen molar-refractivity contribution < 1.29 is 9.21 Å². The van der Waals surface area contributed by atoms with Gasteiger partial charge in [-0.1, -0.05) is 0 Å². The van der Waals surface area contributed by atoms with Crippen molar-refractivity contribution in [2.45, 2.75) is 58.0 Å². The molecule has 1 aliphatic carbocycles. The number of nitrogens with one attached hydrogen (secondary N) is 2. The molecular formula is C18H29N3O2. The predicted molar refractivity (Wildman–Crippen MR) is 90.4 cm³/mol. The van der Waals surface area contributed by atoms with Crippen LogP contribution >= 0.6 is 0 Å². The quantitative estimate of drug-likeness (QED) is 0.896. The van der Waals surface area contributed by atoms with Gasteiger partial charge in [0, 0.05) is 31.1 Å². The number of fused-ring (bicyclic) bond motifs is 1. The van der Waals surface area contributed by atoms with Crippen LogP contribution in [0.25, 0.3) is 0 Å². The van der Waals surface area contributed by atoms with Gasteiger partial charge < -0.3 is 20.0 Å². The van der Waals surface area contributed by atoms with E-state index in [4.69, 9.17) is 4.42 Å². The summed E-state index contributed by atoms with van der Waals surface area (Å²) in [6.45, 7) is 7.53. The summed E-state index contributed by atoms with van der Waals surface area (Å²) in [5.41, 5.74) is 1.15. The first-order valence-electron chi connectivity index (χ1n) is 8.98. The molecule has 5 heteroatoms. The maximum atomic E-state index is 12.2. The van der Waals surface area contributed by atoms with E-state index >= 15 is 0 Å². The van der Waals surface area contributed by atoms with Gasteiger partial charge >= 0.3 is 6.03 Å². The van der Waals surface area contributed by atoms with E-state index in [0.29, 0.717) is 12.0 Å². The zero-order valence-corrected chi connectivity index (χ0v) is 14.3. The summed E-state index contributed by atoms with van der Waals surface area (Å²) in [5.74, 6) is 1.59. The third kappa shape index (κ3) is 4.08. The molecule has 1 fully saturated rings. The van der Waals surface area contributed by atoms with Crippen LogP contribution in [0.15, 0.2) is 16.7 Å². The van der Waals surface area contributed by atoms with E-state index < -0.39 is 0 Å². The van der Waals surface area contributed by atoms with Crippen molar-refractivity contribution in [3.05, 3.63) is 23.7 Å². The Bertz CT molecular complexity index is 526. The molecule has 23 heavy (non-hydrogen) atoms. The van der Waals surface area contributed by atoms with E-state index in [-0.39, 0.29) is 12.1 Å². The number of likely N-dealkylation sites (tertiary alicyclic amines) is 1. The van der Waals surface area contributed by atoms with Gasteiger partial charge in [0.15, 0.2) is 0 Å². The average Bonchev–Trinajstić information content (AvgIpc) is 3.03. The lowest BCUT2D eigenvalue weighted by Crippen LogP contribution is -2.46. The van der Waals surface area contributed by atoms with Gasteiger partial charge in [-0.05, 0) is 58.1 Å². The van der Waals surface area contributed by atoms with E-state index in [0.717, 1.165) is 43.7 Å². The Morgan fingerprint density at radius 2 is 2.26 bits per heavy atom. The van der Waals surface area contributed by atoms with Gasteiger partial charge in [0.05, 0.1) is 12.3 Å². The third-order valence-electron chi connectivity index (χ3n) is 5.19. The van der Waals surface area contributed by atoms with Crippen LogP contribution in [0.1, 0.15) is 56.9 Å². The minimum absolute atomic E-state index is 0.0503. The number of rotatable bonds is 4. The van der Waals surface area contributed by atoms with Crippen molar-refractivity contribution in [1.29, 1.82) is 0 Å². The highest BCUT2D eigenvalue weighted by atomic mass is 16.3. The average molecular weight is 319 g/mol. The fourth-order valence-corrected chi connectivity index (χ4v) is 3.82. The van der Waals surface area contributed by atoms with Crippen molar-refractivity contribution in [2.24, 2.45) is 5.92 Å². The molecule has 1 aromatic rings. The Morgan fingerprint density at radius 1 is 1.39 bits per heavy atom. The number of urea groups is 1. The maximum absolute atomic E-state index is 12.2. The molecule has 0 unspecified atom stereocenters. The first-order valence-corrected chi connectivity index (χ1v) is 8.98. The predicted octanol–water partition coefficient (Wildman–Crippen LogP) is 3.08.